The number of aromatic amines is 2. The molecule has 0 unspecified atom stereocenters. The highest BCUT2D eigenvalue weighted by Crippen LogP contribution is 2.28. The fraction of sp³-hybridized carbons (Fsp3) is 0.750. The van der Waals surface area contributed by atoms with E-state index in [0.29, 0.717) is 0 Å². The minimum Gasteiger partial charge on any atom is -0.361 e. The summed E-state index contributed by atoms with van der Waals surface area (Å²) >= 11 is 0. The van der Waals surface area contributed by atoms with Crippen LogP contribution < -0.4 is 16.6 Å². The highest BCUT2D eigenvalue weighted by Gasteiger charge is 2.21. The predicted molar refractivity (Wildman–Crippen MR) is 69.8 cm³/mol. The smallest absolute Gasteiger partial charge is 0.342 e. The molecule has 0 saturated heterocycles. The number of aromatic nitrogens is 3. The van der Waals surface area contributed by atoms with Gasteiger partial charge >= 0.3 is 5.69 Å². The van der Waals surface area contributed by atoms with Crippen molar-refractivity contribution in [3.8, 4) is 0 Å². The van der Waals surface area contributed by atoms with Crippen LogP contribution in [0.5, 0.6) is 0 Å². The van der Waals surface area contributed by atoms with Gasteiger partial charge < -0.3 is 5.32 Å². The second-order valence-corrected chi connectivity index (χ2v) is 5.01. The van der Waals surface area contributed by atoms with Crippen molar-refractivity contribution in [1.29, 1.82) is 0 Å². The predicted octanol–water partition coefficient (Wildman–Crippen LogP) is 1.23. The number of hydrogen-bond acceptors (Lipinski definition) is 4. The molecule has 2 rings (SSSR count). The molecule has 3 N–H and O–H groups in total. The molecule has 0 atom stereocenters. The molecule has 1 aromatic rings. The molecule has 0 aromatic carbocycles. The number of rotatable bonds is 4. The Hall–Kier alpha value is -1.59. The summed E-state index contributed by atoms with van der Waals surface area (Å²) in [6, 6.07) is 0.289. The Balaban J connectivity index is 1.91. The molecule has 0 bridgehead atoms. The standard InChI is InChI=1S/C12H20N4O2/c1-2-3-8-4-6-9(7-5-8)13-10-11(17)14-12(18)16-15-10/h8-9H,2-7H2,1H3,(H,13,15)(H2,14,16,17,18). The van der Waals surface area contributed by atoms with E-state index >= 15 is 0 Å². The number of H-pyrrole nitrogens is 2. The van der Waals surface area contributed by atoms with Gasteiger partial charge in [0.2, 0.25) is 5.82 Å². The van der Waals surface area contributed by atoms with Crippen molar-refractivity contribution in [2.24, 2.45) is 5.92 Å². The summed E-state index contributed by atoms with van der Waals surface area (Å²) < 4.78 is 0. The molecule has 1 aromatic heterocycles. The zero-order chi connectivity index (χ0) is 13.0. The van der Waals surface area contributed by atoms with Crippen LogP contribution in [-0.4, -0.2) is 21.2 Å². The van der Waals surface area contributed by atoms with E-state index in [1.54, 1.807) is 0 Å². The van der Waals surface area contributed by atoms with Crippen LogP contribution in [0.15, 0.2) is 9.59 Å². The van der Waals surface area contributed by atoms with Crippen molar-refractivity contribution in [2.45, 2.75) is 51.5 Å². The van der Waals surface area contributed by atoms with Crippen molar-refractivity contribution < 1.29 is 0 Å². The van der Waals surface area contributed by atoms with Gasteiger partial charge in [-0.1, -0.05) is 19.8 Å². The van der Waals surface area contributed by atoms with E-state index < -0.39 is 11.2 Å². The van der Waals surface area contributed by atoms with Crippen molar-refractivity contribution in [3.63, 3.8) is 0 Å². The fourth-order valence-electron chi connectivity index (χ4n) is 2.64. The van der Waals surface area contributed by atoms with Gasteiger partial charge in [-0.25, -0.2) is 9.89 Å². The average molecular weight is 252 g/mol. The van der Waals surface area contributed by atoms with Gasteiger partial charge in [0.25, 0.3) is 5.56 Å². The molecular weight excluding hydrogens is 232 g/mol. The first-order valence-corrected chi connectivity index (χ1v) is 6.64. The Bertz CT molecular complexity index is 485. The van der Waals surface area contributed by atoms with Crippen molar-refractivity contribution in [3.05, 3.63) is 20.8 Å². The van der Waals surface area contributed by atoms with E-state index in [1.165, 1.54) is 25.7 Å². The molecule has 100 valence electrons. The van der Waals surface area contributed by atoms with E-state index in [4.69, 9.17) is 0 Å². The highest BCUT2D eigenvalue weighted by molar-refractivity contribution is 5.30. The van der Waals surface area contributed by atoms with Crippen LogP contribution in [0.1, 0.15) is 45.4 Å². The molecule has 1 aliphatic rings. The first-order valence-electron chi connectivity index (χ1n) is 6.64. The Kier molecular flexibility index (Phi) is 4.17. The van der Waals surface area contributed by atoms with Crippen LogP contribution in [0, 0.1) is 5.92 Å². The summed E-state index contributed by atoms with van der Waals surface area (Å²) in [7, 11) is 0. The van der Waals surface area contributed by atoms with Crippen molar-refractivity contribution in [1.82, 2.24) is 15.2 Å². The third-order valence-corrected chi connectivity index (χ3v) is 3.60. The summed E-state index contributed by atoms with van der Waals surface area (Å²) in [5.41, 5.74) is -1.02. The molecule has 1 heterocycles. The van der Waals surface area contributed by atoms with Crippen molar-refractivity contribution >= 4 is 5.82 Å². The quantitative estimate of drug-likeness (QED) is 0.751. The first-order chi connectivity index (χ1) is 8.69. The normalized spacial score (nSPS) is 23.8. The van der Waals surface area contributed by atoms with Gasteiger partial charge in [0.15, 0.2) is 0 Å². The molecule has 1 saturated carbocycles. The van der Waals surface area contributed by atoms with E-state index in [1.807, 2.05) is 0 Å². The Morgan fingerprint density at radius 3 is 2.61 bits per heavy atom. The molecule has 0 aliphatic heterocycles. The minimum absolute atomic E-state index is 0.216. The molecule has 6 heteroatoms. The van der Waals surface area contributed by atoms with E-state index in [2.05, 4.69) is 27.4 Å². The Labute approximate surface area is 105 Å². The van der Waals surface area contributed by atoms with Crippen LogP contribution in [0.25, 0.3) is 0 Å². The zero-order valence-electron chi connectivity index (χ0n) is 10.7. The summed E-state index contributed by atoms with van der Waals surface area (Å²) in [5, 5.41) is 9.08. The number of anilines is 1. The third-order valence-electron chi connectivity index (χ3n) is 3.60. The zero-order valence-corrected chi connectivity index (χ0v) is 10.7. The lowest BCUT2D eigenvalue weighted by atomic mass is 9.83. The molecule has 6 nitrogen and oxygen atoms in total. The first kappa shape index (κ1) is 12.9. The second-order valence-electron chi connectivity index (χ2n) is 5.01. The molecule has 1 aliphatic carbocycles. The SMILES string of the molecule is CCCC1CCC(Nc2n[nH]c(=O)[nH]c2=O)CC1. The maximum absolute atomic E-state index is 11.5. The van der Waals surface area contributed by atoms with Gasteiger partial charge in [-0.05, 0) is 31.6 Å². The summed E-state index contributed by atoms with van der Waals surface area (Å²) in [6.45, 7) is 2.22. The van der Waals surface area contributed by atoms with Crippen LogP contribution in [-0.2, 0) is 0 Å². The number of nitrogens with zero attached hydrogens (tertiary/aromatic N) is 1. The Morgan fingerprint density at radius 2 is 2.00 bits per heavy atom. The summed E-state index contributed by atoms with van der Waals surface area (Å²) in [6.07, 6.45) is 7.06. The van der Waals surface area contributed by atoms with Gasteiger partial charge in [0.1, 0.15) is 0 Å². The topological polar surface area (TPSA) is 90.6 Å². The average Bonchev–Trinajstić information content (AvgIpc) is 2.35. The maximum atomic E-state index is 11.5. The van der Waals surface area contributed by atoms with Crippen LogP contribution in [0.2, 0.25) is 0 Å². The minimum atomic E-state index is -0.572. The molecule has 1 fully saturated rings. The van der Waals surface area contributed by atoms with Crippen LogP contribution >= 0.6 is 0 Å². The number of nitrogens with one attached hydrogen (secondary N) is 3. The maximum Gasteiger partial charge on any atom is 0.342 e. The second kappa shape index (κ2) is 5.84. The summed E-state index contributed by atoms with van der Waals surface area (Å²) in [5.74, 6) is 1.04. The molecular formula is C12H20N4O2. The molecule has 18 heavy (non-hydrogen) atoms. The van der Waals surface area contributed by atoms with E-state index in [0.717, 1.165) is 18.8 Å². The third kappa shape index (κ3) is 3.21. The van der Waals surface area contributed by atoms with Crippen LogP contribution in [0.4, 0.5) is 5.82 Å². The van der Waals surface area contributed by atoms with E-state index in [-0.39, 0.29) is 11.9 Å². The van der Waals surface area contributed by atoms with Gasteiger partial charge in [0, 0.05) is 6.04 Å². The van der Waals surface area contributed by atoms with Gasteiger partial charge in [-0.2, -0.15) is 0 Å². The van der Waals surface area contributed by atoms with Crippen LogP contribution in [0.3, 0.4) is 0 Å². The molecule has 0 spiro atoms. The largest absolute Gasteiger partial charge is 0.361 e. The summed E-state index contributed by atoms with van der Waals surface area (Å²) in [4.78, 5) is 24.5. The lowest BCUT2D eigenvalue weighted by molar-refractivity contribution is 0.318. The lowest BCUT2D eigenvalue weighted by Gasteiger charge is -2.28. The van der Waals surface area contributed by atoms with Gasteiger partial charge in [-0.15, -0.1) is 5.10 Å². The van der Waals surface area contributed by atoms with Gasteiger partial charge in [-0.3, -0.25) is 9.78 Å². The van der Waals surface area contributed by atoms with Crippen molar-refractivity contribution in [2.75, 3.05) is 5.32 Å². The molecule has 0 radical (unpaired) electrons. The van der Waals surface area contributed by atoms with Gasteiger partial charge in [0.05, 0.1) is 0 Å². The number of hydrogen-bond donors (Lipinski definition) is 3. The fourth-order valence-corrected chi connectivity index (χ4v) is 2.64. The lowest BCUT2D eigenvalue weighted by Crippen LogP contribution is -2.32. The highest BCUT2D eigenvalue weighted by atomic mass is 16.2. The van der Waals surface area contributed by atoms with E-state index in [9.17, 15) is 9.59 Å². The molecule has 0 amide bonds. The Morgan fingerprint density at radius 1 is 1.28 bits per heavy atom. The monoisotopic (exact) mass is 252 g/mol.